The maximum absolute atomic E-state index is 12.9. The Bertz CT molecular complexity index is 575. The normalized spacial score (nSPS) is 11.9. The second kappa shape index (κ2) is 7.63. The minimum absolute atomic E-state index is 0.113. The number of ketones is 1. The average molecular weight is 282 g/mol. The molecular formula is C19H22O2. The minimum Gasteiger partial charge on any atom is -0.493 e. The molecule has 0 radical (unpaired) electrons. The zero-order valence-electron chi connectivity index (χ0n) is 12.7. The summed E-state index contributed by atoms with van der Waals surface area (Å²) in [5, 5.41) is 0. The smallest absolute Gasteiger partial charge is 0.174 e. The van der Waals surface area contributed by atoms with E-state index in [1.807, 2.05) is 61.5 Å². The molecule has 0 spiro atoms. The van der Waals surface area contributed by atoms with Gasteiger partial charge in [-0.1, -0.05) is 56.3 Å². The number of rotatable bonds is 7. The molecule has 0 saturated carbocycles. The molecule has 2 heteroatoms. The molecule has 0 aliphatic rings. The van der Waals surface area contributed by atoms with E-state index in [4.69, 9.17) is 4.74 Å². The topological polar surface area (TPSA) is 26.3 Å². The fraction of sp³-hybridized carbons (Fsp3) is 0.316. The van der Waals surface area contributed by atoms with Crippen molar-refractivity contribution in [2.45, 2.75) is 32.6 Å². The molecule has 0 fully saturated rings. The van der Waals surface area contributed by atoms with Gasteiger partial charge in [-0.15, -0.1) is 0 Å². The summed E-state index contributed by atoms with van der Waals surface area (Å²) in [5.41, 5.74) is 1.75. The van der Waals surface area contributed by atoms with E-state index in [1.165, 1.54) is 0 Å². The zero-order chi connectivity index (χ0) is 15.1. The SMILES string of the molecule is CCCOc1ccccc1C(=O)C(CC)c1ccccc1. The molecule has 2 nitrogen and oxygen atoms in total. The Morgan fingerprint density at radius 3 is 2.33 bits per heavy atom. The summed E-state index contributed by atoms with van der Waals surface area (Å²) in [4.78, 5) is 12.9. The van der Waals surface area contributed by atoms with Gasteiger partial charge in [0.2, 0.25) is 0 Å². The minimum atomic E-state index is -0.113. The number of Topliss-reactive ketones (excluding diaryl/α,β-unsaturated/α-hetero) is 1. The summed E-state index contributed by atoms with van der Waals surface area (Å²) in [5.74, 6) is 0.715. The van der Waals surface area contributed by atoms with Gasteiger partial charge < -0.3 is 4.74 Å². The largest absolute Gasteiger partial charge is 0.493 e. The van der Waals surface area contributed by atoms with Gasteiger partial charge in [0.05, 0.1) is 12.2 Å². The third kappa shape index (κ3) is 3.72. The maximum atomic E-state index is 12.9. The average Bonchev–Trinajstić information content (AvgIpc) is 2.55. The Labute approximate surface area is 126 Å². The van der Waals surface area contributed by atoms with E-state index in [2.05, 4.69) is 6.92 Å². The summed E-state index contributed by atoms with van der Waals surface area (Å²) >= 11 is 0. The lowest BCUT2D eigenvalue weighted by Gasteiger charge is -2.17. The standard InChI is InChI=1S/C19H22O2/c1-3-14-21-18-13-9-8-12-17(18)19(20)16(4-2)15-10-6-5-7-11-15/h5-13,16H,3-4,14H2,1-2H3. The Hall–Kier alpha value is -2.09. The lowest BCUT2D eigenvalue weighted by molar-refractivity contribution is 0.0953. The lowest BCUT2D eigenvalue weighted by Crippen LogP contribution is -2.14. The van der Waals surface area contributed by atoms with Crippen molar-refractivity contribution in [3.05, 3.63) is 65.7 Å². The van der Waals surface area contributed by atoms with Crippen LogP contribution in [0, 0.1) is 0 Å². The first-order valence-corrected chi connectivity index (χ1v) is 7.58. The second-order valence-corrected chi connectivity index (χ2v) is 5.08. The first-order valence-electron chi connectivity index (χ1n) is 7.58. The Morgan fingerprint density at radius 2 is 1.67 bits per heavy atom. The van der Waals surface area contributed by atoms with Crippen molar-refractivity contribution in [1.82, 2.24) is 0 Å². The van der Waals surface area contributed by atoms with Crippen molar-refractivity contribution in [3.8, 4) is 5.75 Å². The lowest BCUT2D eigenvalue weighted by atomic mass is 9.88. The zero-order valence-corrected chi connectivity index (χ0v) is 12.7. The predicted molar refractivity (Wildman–Crippen MR) is 86.0 cm³/mol. The summed E-state index contributed by atoms with van der Waals surface area (Å²) < 4.78 is 5.72. The van der Waals surface area contributed by atoms with Crippen molar-refractivity contribution >= 4 is 5.78 Å². The van der Waals surface area contributed by atoms with E-state index < -0.39 is 0 Å². The molecular weight excluding hydrogens is 260 g/mol. The fourth-order valence-corrected chi connectivity index (χ4v) is 2.45. The predicted octanol–water partition coefficient (Wildman–Crippen LogP) is 4.85. The summed E-state index contributed by atoms with van der Waals surface area (Å²) in [6.45, 7) is 4.74. The van der Waals surface area contributed by atoms with Crippen LogP contribution >= 0.6 is 0 Å². The van der Waals surface area contributed by atoms with Gasteiger partial charge in [-0.2, -0.15) is 0 Å². The molecule has 2 rings (SSSR count). The highest BCUT2D eigenvalue weighted by molar-refractivity contribution is 6.03. The number of carbonyl (C=O) groups excluding carboxylic acids is 1. The van der Waals surface area contributed by atoms with Crippen LogP contribution in [0.15, 0.2) is 54.6 Å². The highest BCUT2D eigenvalue weighted by Crippen LogP contribution is 2.28. The maximum Gasteiger partial charge on any atom is 0.174 e. The second-order valence-electron chi connectivity index (χ2n) is 5.08. The molecule has 0 aliphatic carbocycles. The number of hydrogen-bond acceptors (Lipinski definition) is 2. The van der Waals surface area contributed by atoms with Crippen LogP contribution in [-0.4, -0.2) is 12.4 Å². The molecule has 0 heterocycles. The van der Waals surface area contributed by atoms with Crippen molar-refractivity contribution in [2.24, 2.45) is 0 Å². The van der Waals surface area contributed by atoms with Crippen molar-refractivity contribution in [2.75, 3.05) is 6.61 Å². The van der Waals surface area contributed by atoms with E-state index in [1.54, 1.807) is 0 Å². The number of benzene rings is 2. The first kappa shape index (κ1) is 15.3. The van der Waals surface area contributed by atoms with E-state index in [0.29, 0.717) is 17.9 Å². The van der Waals surface area contributed by atoms with Gasteiger partial charge in [-0.3, -0.25) is 4.79 Å². The number of ether oxygens (including phenoxy) is 1. The van der Waals surface area contributed by atoms with Gasteiger partial charge in [0.15, 0.2) is 5.78 Å². The van der Waals surface area contributed by atoms with Crippen molar-refractivity contribution in [1.29, 1.82) is 0 Å². The number of carbonyl (C=O) groups is 1. The van der Waals surface area contributed by atoms with Crippen LogP contribution in [0.2, 0.25) is 0 Å². The van der Waals surface area contributed by atoms with Gasteiger partial charge in [-0.25, -0.2) is 0 Å². The third-order valence-corrected chi connectivity index (χ3v) is 3.54. The van der Waals surface area contributed by atoms with E-state index in [9.17, 15) is 4.79 Å². The molecule has 21 heavy (non-hydrogen) atoms. The molecule has 0 bridgehead atoms. The molecule has 2 aromatic rings. The van der Waals surface area contributed by atoms with Gasteiger partial charge >= 0.3 is 0 Å². The molecule has 0 amide bonds. The van der Waals surface area contributed by atoms with Gasteiger partial charge in [0.1, 0.15) is 5.75 Å². The molecule has 1 unspecified atom stereocenters. The molecule has 0 saturated heterocycles. The molecule has 0 aliphatic heterocycles. The summed E-state index contributed by atoms with van der Waals surface area (Å²) in [6.07, 6.45) is 1.71. The molecule has 0 N–H and O–H groups in total. The fourth-order valence-electron chi connectivity index (χ4n) is 2.45. The van der Waals surface area contributed by atoms with Crippen LogP contribution in [-0.2, 0) is 0 Å². The Kier molecular flexibility index (Phi) is 5.56. The van der Waals surface area contributed by atoms with Crippen LogP contribution in [0.4, 0.5) is 0 Å². The van der Waals surface area contributed by atoms with E-state index >= 15 is 0 Å². The molecule has 2 aromatic carbocycles. The molecule has 110 valence electrons. The molecule has 0 aromatic heterocycles. The van der Waals surface area contributed by atoms with Crippen LogP contribution in [0.25, 0.3) is 0 Å². The van der Waals surface area contributed by atoms with Crippen LogP contribution in [0.3, 0.4) is 0 Å². The van der Waals surface area contributed by atoms with E-state index in [0.717, 1.165) is 18.4 Å². The van der Waals surface area contributed by atoms with Crippen LogP contribution < -0.4 is 4.74 Å². The quantitative estimate of drug-likeness (QED) is 0.678. The third-order valence-electron chi connectivity index (χ3n) is 3.54. The van der Waals surface area contributed by atoms with Crippen LogP contribution in [0.5, 0.6) is 5.75 Å². The van der Waals surface area contributed by atoms with Gasteiger partial charge in [0, 0.05) is 5.92 Å². The number of hydrogen-bond donors (Lipinski definition) is 0. The van der Waals surface area contributed by atoms with Crippen LogP contribution in [0.1, 0.15) is 48.5 Å². The number of para-hydroxylation sites is 1. The highest BCUT2D eigenvalue weighted by Gasteiger charge is 2.22. The monoisotopic (exact) mass is 282 g/mol. The van der Waals surface area contributed by atoms with Crippen molar-refractivity contribution in [3.63, 3.8) is 0 Å². The summed E-state index contributed by atoms with van der Waals surface area (Å²) in [7, 11) is 0. The highest BCUT2D eigenvalue weighted by atomic mass is 16.5. The first-order chi connectivity index (χ1) is 10.3. The van der Waals surface area contributed by atoms with Crippen molar-refractivity contribution < 1.29 is 9.53 Å². The Morgan fingerprint density at radius 1 is 1.00 bits per heavy atom. The van der Waals surface area contributed by atoms with Gasteiger partial charge in [-0.05, 0) is 30.5 Å². The molecule has 1 atom stereocenters. The van der Waals surface area contributed by atoms with Gasteiger partial charge in [0.25, 0.3) is 0 Å². The Balaban J connectivity index is 2.30. The van der Waals surface area contributed by atoms with E-state index in [-0.39, 0.29) is 11.7 Å². The summed E-state index contributed by atoms with van der Waals surface area (Å²) in [6, 6.07) is 17.5.